The van der Waals surface area contributed by atoms with E-state index in [9.17, 15) is 4.79 Å². The predicted molar refractivity (Wildman–Crippen MR) is 99.2 cm³/mol. The summed E-state index contributed by atoms with van der Waals surface area (Å²) in [6.07, 6.45) is 0. The third-order valence-electron chi connectivity index (χ3n) is 4.07. The maximum Gasteiger partial charge on any atom is 0.252 e. The molecule has 2 heterocycles. The van der Waals surface area contributed by atoms with E-state index in [0.29, 0.717) is 23.0 Å². The number of carbonyl (C=O) groups excluding carboxylic acids is 1. The minimum absolute atomic E-state index is 0.0597. The van der Waals surface area contributed by atoms with Gasteiger partial charge in [-0.25, -0.2) is 0 Å². The molecule has 1 aromatic heterocycles. The van der Waals surface area contributed by atoms with Gasteiger partial charge in [-0.1, -0.05) is 17.3 Å². The summed E-state index contributed by atoms with van der Waals surface area (Å²) in [4.78, 5) is 20.1. The molecule has 0 saturated carbocycles. The predicted octanol–water partition coefficient (Wildman–Crippen LogP) is 2.12. The van der Waals surface area contributed by atoms with Crippen LogP contribution in [0.15, 0.2) is 33.7 Å². The standard InChI is InChI=1S/C18H24N4O3S/c1-13(11-22-7-9-24-10-8-22)19-18(23)15-5-3-4-6-16(15)26-12-17-20-14(2)21-25-17/h3-6,13H,7-12H2,1-2H3,(H,19,23). The molecule has 7 nitrogen and oxygen atoms in total. The van der Waals surface area contributed by atoms with E-state index in [1.807, 2.05) is 31.2 Å². The molecule has 1 aromatic carbocycles. The van der Waals surface area contributed by atoms with E-state index in [-0.39, 0.29) is 11.9 Å². The van der Waals surface area contributed by atoms with Crippen LogP contribution in [0.5, 0.6) is 0 Å². The Hall–Kier alpha value is -1.90. The highest BCUT2D eigenvalue weighted by Crippen LogP contribution is 2.25. The van der Waals surface area contributed by atoms with E-state index in [4.69, 9.17) is 9.26 Å². The number of hydrogen-bond donors (Lipinski definition) is 1. The van der Waals surface area contributed by atoms with Crippen LogP contribution in [0, 0.1) is 6.92 Å². The van der Waals surface area contributed by atoms with Gasteiger partial charge in [-0.05, 0) is 26.0 Å². The number of benzene rings is 1. The van der Waals surface area contributed by atoms with Gasteiger partial charge in [-0.15, -0.1) is 11.8 Å². The van der Waals surface area contributed by atoms with Gasteiger partial charge in [-0.2, -0.15) is 4.98 Å². The Bertz CT molecular complexity index is 731. The quantitative estimate of drug-likeness (QED) is 0.741. The van der Waals surface area contributed by atoms with Crippen LogP contribution in [0.1, 0.15) is 29.0 Å². The van der Waals surface area contributed by atoms with Crippen molar-refractivity contribution < 1.29 is 14.1 Å². The molecular formula is C18H24N4O3S. The summed E-state index contributed by atoms with van der Waals surface area (Å²) in [7, 11) is 0. The zero-order valence-corrected chi connectivity index (χ0v) is 15.9. The van der Waals surface area contributed by atoms with Gasteiger partial charge in [0.1, 0.15) is 0 Å². The van der Waals surface area contributed by atoms with Crippen LogP contribution >= 0.6 is 11.8 Å². The molecule has 26 heavy (non-hydrogen) atoms. The van der Waals surface area contributed by atoms with Crippen molar-refractivity contribution >= 4 is 17.7 Å². The Kier molecular flexibility index (Phi) is 6.65. The Balaban J connectivity index is 1.57. The molecule has 1 fully saturated rings. The van der Waals surface area contributed by atoms with Gasteiger partial charge in [0, 0.05) is 30.6 Å². The first-order valence-corrected chi connectivity index (χ1v) is 9.72. The zero-order valence-electron chi connectivity index (χ0n) is 15.1. The van der Waals surface area contributed by atoms with Gasteiger partial charge in [0.2, 0.25) is 5.89 Å². The molecule has 1 atom stereocenters. The average molecular weight is 376 g/mol. The summed E-state index contributed by atoms with van der Waals surface area (Å²) in [6, 6.07) is 7.66. The highest BCUT2D eigenvalue weighted by atomic mass is 32.2. The van der Waals surface area contributed by atoms with Crippen LogP contribution in [0.3, 0.4) is 0 Å². The lowest BCUT2D eigenvalue weighted by Crippen LogP contribution is -2.46. The lowest BCUT2D eigenvalue weighted by atomic mass is 10.2. The van der Waals surface area contributed by atoms with Crippen molar-refractivity contribution in [1.82, 2.24) is 20.4 Å². The summed E-state index contributed by atoms with van der Waals surface area (Å²) in [6.45, 7) is 7.99. The third-order valence-corrected chi connectivity index (χ3v) is 5.12. The summed E-state index contributed by atoms with van der Waals surface area (Å²) in [5.41, 5.74) is 0.669. The first-order chi connectivity index (χ1) is 12.6. The van der Waals surface area contributed by atoms with Crippen molar-refractivity contribution in [1.29, 1.82) is 0 Å². The number of morpholine rings is 1. The Labute approximate surface area is 157 Å². The minimum atomic E-state index is -0.0597. The summed E-state index contributed by atoms with van der Waals surface area (Å²) in [5.74, 6) is 1.65. The van der Waals surface area contributed by atoms with Crippen LogP contribution in [0.25, 0.3) is 0 Å². The summed E-state index contributed by atoms with van der Waals surface area (Å²) < 4.78 is 10.5. The fraction of sp³-hybridized carbons (Fsp3) is 0.500. The highest BCUT2D eigenvalue weighted by molar-refractivity contribution is 7.98. The maximum atomic E-state index is 12.7. The minimum Gasteiger partial charge on any atom is -0.379 e. The van der Waals surface area contributed by atoms with Crippen molar-refractivity contribution in [3.8, 4) is 0 Å². The van der Waals surface area contributed by atoms with Crippen molar-refractivity contribution in [2.24, 2.45) is 0 Å². The average Bonchev–Trinajstić information content (AvgIpc) is 3.06. The maximum absolute atomic E-state index is 12.7. The fourth-order valence-corrected chi connectivity index (χ4v) is 3.72. The number of thioether (sulfide) groups is 1. The number of amides is 1. The molecule has 0 aliphatic carbocycles. The van der Waals surface area contributed by atoms with E-state index in [0.717, 1.165) is 37.7 Å². The number of ether oxygens (including phenoxy) is 1. The lowest BCUT2D eigenvalue weighted by Gasteiger charge is -2.29. The van der Waals surface area contributed by atoms with Crippen LogP contribution in [-0.4, -0.2) is 59.8 Å². The number of aromatic nitrogens is 2. The number of aryl methyl sites for hydroxylation is 1. The molecule has 1 aliphatic heterocycles. The fourth-order valence-electron chi connectivity index (χ4n) is 2.84. The van der Waals surface area contributed by atoms with Crippen LogP contribution < -0.4 is 5.32 Å². The first kappa shape index (κ1) is 18.9. The molecule has 8 heteroatoms. The van der Waals surface area contributed by atoms with E-state index in [1.54, 1.807) is 6.92 Å². The molecule has 0 spiro atoms. The molecular weight excluding hydrogens is 352 g/mol. The van der Waals surface area contributed by atoms with E-state index in [2.05, 4.69) is 20.4 Å². The molecule has 2 aromatic rings. The van der Waals surface area contributed by atoms with Crippen LogP contribution in [0.4, 0.5) is 0 Å². The van der Waals surface area contributed by atoms with E-state index >= 15 is 0 Å². The van der Waals surface area contributed by atoms with Gasteiger partial charge in [0.25, 0.3) is 5.91 Å². The summed E-state index contributed by atoms with van der Waals surface area (Å²) >= 11 is 1.52. The van der Waals surface area contributed by atoms with Crippen molar-refractivity contribution in [3.05, 3.63) is 41.5 Å². The molecule has 1 N–H and O–H groups in total. The van der Waals surface area contributed by atoms with E-state index in [1.165, 1.54) is 11.8 Å². The topological polar surface area (TPSA) is 80.5 Å². The number of nitrogens with one attached hydrogen (secondary N) is 1. The second-order valence-corrected chi connectivity index (χ2v) is 7.32. The molecule has 140 valence electrons. The summed E-state index contributed by atoms with van der Waals surface area (Å²) in [5, 5.41) is 6.89. The SMILES string of the molecule is Cc1noc(CSc2ccccc2C(=O)NC(C)CN2CCOCC2)n1. The molecule has 1 amide bonds. The second-order valence-electron chi connectivity index (χ2n) is 6.31. The van der Waals surface area contributed by atoms with Crippen molar-refractivity contribution in [2.75, 3.05) is 32.8 Å². The number of nitrogens with zero attached hydrogens (tertiary/aromatic N) is 3. The van der Waals surface area contributed by atoms with Gasteiger partial charge in [-0.3, -0.25) is 9.69 Å². The monoisotopic (exact) mass is 376 g/mol. The van der Waals surface area contributed by atoms with E-state index < -0.39 is 0 Å². The number of carbonyl (C=O) groups is 1. The molecule has 1 unspecified atom stereocenters. The number of hydrogen-bond acceptors (Lipinski definition) is 7. The van der Waals surface area contributed by atoms with Gasteiger partial charge in [0.15, 0.2) is 5.82 Å². The smallest absolute Gasteiger partial charge is 0.252 e. The zero-order chi connectivity index (χ0) is 18.4. The molecule has 1 saturated heterocycles. The molecule has 0 radical (unpaired) electrons. The highest BCUT2D eigenvalue weighted by Gasteiger charge is 2.18. The number of rotatable bonds is 7. The van der Waals surface area contributed by atoms with Crippen molar-refractivity contribution in [3.63, 3.8) is 0 Å². The van der Waals surface area contributed by atoms with Crippen LogP contribution in [-0.2, 0) is 10.5 Å². The van der Waals surface area contributed by atoms with Gasteiger partial charge < -0.3 is 14.6 Å². The Morgan fingerprint density at radius 1 is 1.35 bits per heavy atom. The second kappa shape index (κ2) is 9.16. The Morgan fingerprint density at radius 2 is 2.12 bits per heavy atom. The van der Waals surface area contributed by atoms with Crippen molar-refractivity contribution in [2.45, 2.75) is 30.5 Å². The van der Waals surface area contributed by atoms with Gasteiger partial charge in [0.05, 0.1) is 24.5 Å². The third kappa shape index (κ3) is 5.30. The first-order valence-electron chi connectivity index (χ1n) is 8.74. The molecule has 1 aliphatic rings. The lowest BCUT2D eigenvalue weighted by molar-refractivity contribution is 0.0342. The normalized spacial score (nSPS) is 16.4. The molecule has 3 rings (SSSR count). The van der Waals surface area contributed by atoms with Gasteiger partial charge >= 0.3 is 0 Å². The molecule has 0 bridgehead atoms. The Morgan fingerprint density at radius 3 is 2.85 bits per heavy atom. The van der Waals surface area contributed by atoms with Crippen LogP contribution in [0.2, 0.25) is 0 Å². The largest absolute Gasteiger partial charge is 0.379 e.